The summed E-state index contributed by atoms with van der Waals surface area (Å²) in [6.07, 6.45) is 3.86. The van der Waals surface area contributed by atoms with Crippen molar-refractivity contribution in [3.63, 3.8) is 0 Å². The van der Waals surface area contributed by atoms with Gasteiger partial charge in [-0.25, -0.2) is 27.2 Å². The Morgan fingerprint density at radius 2 is 1.88 bits per heavy atom. The van der Waals surface area contributed by atoms with Crippen molar-refractivity contribution in [2.45, 2.75) is 42.4 Å². The van der Waals surface area contributed by atoms with Crippen LogP contribution in [0.25, 0.3) is 0 Å². The molecule has 3 heterocycles. The van der Waals surface area contributed by atoms with Crippen LogP contribution in [0.5, 0.6) is 0 Å². The van der Waals surface area contributed by atoms with Crippen LogP contribution in [0.1, 0.15) is 25.3 Å². The van der Waals surface area contributed by atoms with Gasteiger partial charge in [-0.3, -0.25) is 9.69 Å². The lowest BCUT2D eigenvalue weighted by molar-refractivity contribution is -0.117. The second kappa shape index (κ2) is 9.30. The highest BCUT2D eigenvalue weighted by Crippen LogP contribution is 2.26. The highest BCUT2D eigenvalue weighted by molar-refractivity contribution is 7.92. The molecule has 0 bridgehead atoms. The predicted molar refractivity (Wildman–Crippen MR) is 121 cm³/mol. The number of nitrogens with zero attached hydrogens (tertiary/aromatic N) is 4. The molecule has 0 radical (unpaired) electrons. The van der Waals surface area contributed by atoms with Gasteiger partial charge in [-0.15, -0.1) is 0 Å². The standard InChI is InChI=1S/C22H27F2N5O3S/c1-22(23,24)15-28-9-6-19(7-10-28)33(31,32)18-4-2-16(3-5-18)12-26-20(30)17-13-27-21-25-8-11-29(21)14-17/h2-5,13-14,19H,6-12,15H2,1H3,(H,26,30). The van der Waals surface area contributed by atoms with E-state index in [1.54, 1.807) is 23.2 Å². The quantitative estimate of drug-likeness (QED) is 0.644. The molecule has 0 saturated carbocycles. The molecule has 0 unspecified atom stereocenters. The van der Waals surface area contributed by atoms with Crippen molar-refractivity contribution in [3.8, 4) is 0 Å². The number of rotatable bonds is 7. The topological polar surface area (TPSA) is 94.4 Å². The first-order chi connectivity index (χ1) is 15.6. The number of alkyl halides is 2. The van der Waals surface area contributed by atoms with Crippen molar-refractivity contribution < 1.29 is 22.0 Å². The van der Waals surface area contributed by atoms with Crippen molar-refractivity contribution >= 4 is 27.9 Å². The zero-order valence-corrected chi connectivity index (χ0v) is 19.2. The summed E-state index contributed by atoms with van der Waals surface area (Å²) in [5.74, 6) is -2.45. The molecule has 1 aromatic rings. The van der Waals surface area contributed by atoms with Crippen LogP contribution in [0.15, 0.2) is 50.9 Å². The molecular weight excluding hydrogens is 452 g/mol. The van der Waals surface area contributed by atoms with E-state index >= 15 is 0 Å². The third kappa shape index (κ3) is 5.64. The van der Waals surface area contributed by atoms with Crippen LogP contribution in [0, 0.1) is 0 Å². The molecule has 8 nitrogen and oxygen atoms in total. The zero-order chi connectivity index (χ0) is 23.6. The van der Waals surface area contributed by atoms with Crippen molar-refractivity contribution in [2.24, 2.45) is 9.98 Å². The van der Waals surface area contributed by atoms with E-state index in [1.807, 2.05) is 4.90 Å². The number of guanidine groups is 1. The van der Waals surface area contributed by atoms with Crippen LogP contribution < -0.4 is 5.32 Å². The maximum atomic E-state index is 13.2. The lowest BCUT2D eigenvalue weighted by Crippen LogP contribution is -2.43. The fourth-order valence-corrected chi connectivity index (χ4v) is 5.91. The third-order valence-electron chi connectivity index (χ3n) is 5.91. The number of sulfone groups is 1. The second-order valence-electron chi connectivity index (χ2n) is 8.64. The third-order valence-corrected chi connectivity index (χ3v) is 8.19. The van der Waals surface area contributed by atoms with E-state index in [-0.39, 0.29) is 23.9 Å². The predicted octanol–water partition coefficient (Wildman–Crippen LogP) is 1.84. The minimum absolute atomic E-state index is 0.208. The molecule has 3 aliphatic heterocycles. The van der Waals surface area contributed by atoms with E-state index in [2.05, 4.69) is 15.3 Å². The van der Waals surface area contributed by atoms with Crippen LogP contribution in [-0.2, 0) is 21.2 Å². The Bertz CT molecular complexity index is 1090. The number of aliphatic imine (C=N–C) groups is 2. The maximum Gasteiger partial charge on any atom is 0.257 e. The minimum Gasteiger partial charge on any atom is -0.348 e. The van der Waals surface area contributed by atoms with Gasteiger partial charge < -0.3 is 10.2 Å². The monoisotopic (exact) mass is 479 g/mol. The van der Waals surface area contributed by atoms with Gasteiger partial charge in [0.2, 0.25) is 5.96 Å². The van der Waals surface area contributed by atoms with Crippen LogP contribution in [0.2, 0.25) is 0 Å². The van der Waals surface area contributed by atoms with Gasteiger partial charge in [0.1, 0.15) is 0 Å². The summed E-state index contributed by atoms with van der Waals surface area (Å²) in [4.78, 5) is 24.4. The van der Waals surface area contributed by atoms with E-state index in [4.69, 9.17) is 0 Å². The number of fused-ring (bicyclic) bond motifs is 1. The molecule has 33 heavy (non-hydrogen) atoms. The lowest BCUT2D eigenvalue weighted by atomic mass is 10.1. The zero-order valence-electron chi connectivity index (χ0n) is 18.4. The number of hydrogen-bond donors (Lipinski definition) is 1. The van der Waals surface area contributed by atoms with Crippen LogP contribution >= 0.6 is 0 Å². The largest absolute Gasteiger partial charge is 0.348 e. The fraction of sp³-hybridized carbons (Fsp3) is 0.500. The summed E-state index contributed by atoms with van der Waals surface area (Å²) in [6.45, 7) is 2.79. The average molecular weight is 480 g/mol. The van der Waals surface area contributed by atoms with Gasteiger partial charge in [-0.05, 0) is 43.6 Å². The molecule has 0 atom stereocenters. The Hall–Kier alpha value is -2.66. The summed E-state index contributed by atoms with van der Waals surface area (Å²) < 4.78 is 52.4. The van der Waals surface area contributed by atoms with Crippen molar-refractivity contribution in [3.05, 3.63) is 41.6 Å². The number of carbonyl (C=O) groups excluding carboxylic acids is 1. The first-order valence-corrected chi connectivity index (χ1v) is 12.4. The number of nitrogens with one attached hydrogen (secondary N) is 1. The molecule has 1 amide bonds. The van der Waals surface area contributed by atoms with Crippen LogP contribution in [-0.4, -0.2) is 80.2 Å². The van der Waals surface area contributed by atoms with Crippen molar-refractivity contribution in [1.29, 1.82) is 0 Å². The summed E-state index contributed by atoms with van der Waals surface area (Å²) in [5.41, 5.74) is 1.20. The molecule has 1 fully saturated rings. The molecule has 1 N–H and O–H groups in total. The van der Waals surface area contributed by atoms with Gasteiger partial charge in [0.05, 0.1) is 28.8 Å². The summed E-state index contributed by atoms with van der Waals surface area (Å²) in [6, 6.07) is 6.43. The second-order valence-corrected chi connectivity index (χ2v) is 10.9. The Labute approximate surface area is 192 Å². The molecule has 0 aliphatic carbocycles. The van der Waals surface area contributed by atoms with E-state index < -0.39 is 21.0 Å². The van der Waals surface area contributed by atoms with E-state index in [1.165, 1.54) is 18.3 Å². The number of carbonyl (C=O) groups is 1. The number of amides is 1. The minimum atomic E-state index is -3.55. The van der Waals surface area contributed by atoms with Crippen molar-refractivity contribution in [1.82, 2.24) is 15.1 Å². The Kier molecular flexibility index (Phi) is 6.62. The first-order valence-electron chi connectivity index (χ1n) is 10.9. The van der Waals surface area contributed by atoms with Crippen LogP contribution in [0.3, 0.4) is 0 Å². The van der Waals surface area contributed by atoms with Gasteiger partial charge in [0, 0.05) is 32.4 Å². The van der Waals surface area contributed by atoms with Gasteiger partial charge in [-0.1, -0.05) is 12.1 Å². The highest BCUT2D eigenvalue weighted by Gasteiger charge is 2.34. The molecule has 1 aromatic carbocycles. The molecule has 3 aliphatic rings. The molecular formula is C22H27F2N5O3S. The number of likely N-dealkylation sites (tertiary alicyclic amines) is 1. The Morgan fingerprint density at radius 1 is 1.18 bits per heavy atom. The van der Waals surface area contributed by atoms with Gasteiger partial charge in [0.25, 0.3) is 11.8 Å². The number of benzene rings is 1. The van der Waals surface area contributed by atoms with E-state index in [0.717, 1.165) is 12.5 Å². The molecule has 11 heteroatoms. The summed E-state index contributed by atoms with van der Waals surface area (Å²) in [5, 5.41) is 2.23. The lowest BCUT2D eigenvalue weighted by Gasteiger charge is -2.33. The molecule has 1 saturated heterocycles. The smallest absolute Gasteiger partial charge is 0.257 e. The highest BCUT2D eigenvalue weighted by atomic mass is 32.2. The number of halogens is 2. The summed E-state index contributed by atoms with van der Waals surface area (Å²) >= 11 is 0. The summed E-state index contributed by atoms with van der Waals surface area (Å²) in [7, 11) is -3.55. The molecule has 4 rings (SSSR count). The maximum absolute atomic E-state index is 13.2. The number of hydrogen-bond acceptors (Lipinski definition) is 7. The molecule has 0 spiro atoms. The van der Waals surface area contributed by atoms with Gasteiger partial charge in [0.15, 0.2) is 9.84 Å². The Morgan fingerprint density at radius 3 is 2.55 bits per heavy atom. The first kappa shape index (κ1) is 23.5. The SMILES string of the molecule is CC(F)(F)CN1CCC(S(=O)(=O)c2ccc(CNC(=O)C3=CN4CCN=C4N=C3)cc2)CC1. The van der Waals surface area contributed by atoms with Gasteiger partial charge >= 0.3 is 0 Å². The van der Waals surface area contributed by atoms with Crippen LogP contribution in [0.4, 0.5) is 8.78 Å². The van der Waals surface area contributed by atoms with E-state index in [0.29, 0.717) is 50.6 Å². The molecule has 178 valence electrons. The fourth-order valence-electron chi connectivity index (χ4n) is 4.18. The van der Waals surface area contributed by atoms with Crippen molar-refractivity contribution in [2.75, 3.05) is 32.7 Å². The van der Waals surface area contributed by atoms with Gasteiger partial charge in [-0.2, -0.15) is 0 Å². The molecule has 0 aromatic heterocycles. The Balaban J connectivity index is 1.31. The normalized spacial score (nSPS) is 19.8. The van der Waals surface area contributed by atoms with E-state index in [9.17, 15) is 22.0 Å². The number of piperidine rings is 1. The average Bonchev–Trinajstić information content (AvgIpc) is 3.25.